The number of hydrogen-bond acceptors (Lipinski definition) is 2. The maximum Gasteiger partial charge on any atom is 0.0476 e. The second-order valence-electron chi connectivity index (χ2n) is 6.28. The second-order valence-corrected chi connectivity index (χ2v) is 6.28. The molecule has 0 aliphatic heterocycles. The van der Waals surface area contributed by atoms with E-state index in [4.69, 9.17) is 5.73 Å². The van der Waals surface area contributed by atoms with Gasteiger partial charge in [0, 0.05) is 18.6 Å². The molecule has 1 aliphatic rings. The normalized spacial score (nSPS) is 18.2. The predicted octanol–water partition coefficient (Wildman–Crippen LogP) is 4.10. The van der Waals surface area contributed by atoms with Crippen molar-refractivity contribution in [1.29, 1.82) is 0 Å². The number of hydrogen-bond donors (Lipinski definition) is 1. The first kappa shape index (κ1) is 14.6. The van der Waals surface area contributed by atoms with Crippen molar-refractivity contribution in [3.05, 3.63) is 48.0 Å². The van der Waals surface area contributed by atoms with E-state index in [0.29, 0.717) is 18.6 Å². The zero-order valence-corrected chi connectivity index (χ0v) is 13.0. The predicted molar refractivity (Wildman–Crippen MR) is 90.4 cm³/mol. The third kappa shape index (κ3) is 2.97. The summed E-state index contributed by atoms with van der Waals surface area (Å²) in [6.07, 6.45) is 6.76. The molecule has 0 bridgehead atoms. The Bertz CT molecular complexity index is 582. The SMILES string of the molecule is CN(C1CCCCC1)C(CN)c1cccc2ccccc12. The van der Waals surface area contributed by atoms with Crippen LogP contribution < -0.4 is 5.73 Å². The van der Waals surface area contributed by atoms with Crippen LogP contribution >= 0.6 is 0 Å². The summed E-state index contributed by atoms with van der Waals surface area (Å²) in [7, 11) is 2.26. The lowest BCUT2D eigenvalue weighted by molar-refractivity contribution is 0.141. The zero-order chi connectivity index (χ0) is 14.7. The fourth-order valence-electron chi connectivity index (χ4n) is 3.80. The Kier molecular flexibility index (Phi) is 4.57. The number of nitrogens with zero attached hydrogens (tertiary/aromatic N) is 1. The summed E-state index contributed by atoms with van der Waals surface area (Å²) in [5.41, 5.74) is 7.54. The molecule has 2 aromatic carbocycles. The van der Waals surface area contributed by atoms with Crippen LogP contribution in [0.15, 0.2) is 42.5 Å². The van der Waals surface area contributed by atoms with E-state index in [0.717, 1.165) is 0 Å². The van der Waals surface area contributed by atoms with E-state index in [1.54, 1.807) is 0 Å². The molecule has 0 radical (unpaired) electrons. The van der Waals surface area contributed by atoms with Crippen LogP contribution in [0.5, 0.6) is 0 Å². The van der Waals surface area contributed by atoms with E-state index >= 15 is 0 Å². The molecule has 1 fully saturated rings. The van der Waals surface area contributed by atoms with Crippen LogP contribution in [0, 0.1) is 0 Å². The average Bonchev–Trinajstić information content (AvgIpc) is 2.56. The number of fused-ring (bicyclic) bond motifs is 1. The van der Waals surface area contributed by atoms with Crippen molar-refractivity contribution in [2.75, 3.05) is 13.6 Å². The zero-order valence-electron chi connectivity index (χ0n) is 13.0. The Morgan fingerprint density at radius 2 is 1.76 bits per heavy atom. The highest BCUT2D eigenvalue weighted by molar-refractivity contribution is 5.86. The van der Waals surface area contributed by atoms with Gasteiger partial charge < -0.3 is 5.73 Å². The quantitative estimate of drug-likeness (QED) is 0.914. The molecule has 2 heteroatoms. The van der Waals surface area contributed by atoms with Crippen LogP contribution in [0.3, 0.4) is 0 Å². The number of nitrogens with two attached hydrogens (primary N) is 1. The summed E-state index contributed by atoms with van der Waals surface area (Å²) in [6, 6.07) is 16.2. The van der Waals surface area contributed by atoms with Crippen molar-refractivity contribution in [2.24, 2.45) is 5.73 Å². The van der Waals surface area contributed by atoms with E-state index < -0.39 is 0 Å². The van der Waals surface area contributed by atoms with Crippen LogP contribution in [0.1, 0.15) is 43.7 Å². The molecule has 1 saturated carbocycles. The molecule has 2 N–H and O–H groups in total. The van der Waals surface area contributed by atoms with Crippen molar-refractivity contribution in [3.8, 4) is 0 Å². The highest BCUT2D eigenvalue weighted by Gasteiger charge is 2.25. The topological polar surface area (TPSA) is 29.3 Å². The van der Waals surface area contributed by atoms with Gasteiger partial charge in [-0.05, 0) is 36.2 Å². The highest BCUT2D eigenvalue weighted by atomic mass is 15.2. The molecule has 0 amide bonds. The molecule has 1 unspecified atom stereocenters. The Morgan fingerprint density at radius 3 is 2.52 bits per heavy atom. The maximum absolute atomic E-state index is 6.16. The number of benzene rings is 2. The van der Waals surface area contributed by atoms with Gasteiger partial charge in [0.1, 0.15) is 0 Å². The van der Waals surface area contributed by atoms with Crippen LogP contribution in [-0.4, -0.2) is 24.5 Å². The first-order chi connectivity index (χ1) is 10.3. The van der Waals surface area contributed by atoms with E-state index in [1.165, 1.54) is 48.4 Å². The summed E-state index contributed by atoms with van der Waals surface area (Å²) in [5.74, 6) is 0. The molecular formula is C19H26N2. The number of likely N-dealkylation sites (N-methyl/N-ethyl adjacent to an activating group) is 1. The molecule has 3 rings (SSSR count). The first-order valence-corrected chi connectivity index (χ1v) is 8.21. The van der Waals surface area contributed by atoms with Gasteiger partial charge in [-0.1, -0.05) is 61.7 Å². The molecule has 1 aliphatic carbocycles. The van der Waals surface area contributed by atoms with Crippen molar-refractivity contribution >= 4 is 10.8 Å². The summed E-state index contributed by atoms with van der Waals surface area (Å²) in [4.78, 5) is 2.53. The van der Waals surface area contributed by atoms with Gasteiger partial charge in [0.15, 0.2) is 0 Å². The van der Waals surface area contributed by atoms with Crippen LogP contribution in [0.25, 0.3) is 10.8 Å². The van der Waals surface area contributed by atoms with E-state index in [-0.39, 0.29) is 0 Å². The van der Waals surface area contributed by atoms with Crippen molar-refractivity contribution < 1.29 is 0 Å². The lowest BCUT2D eigenvalue weighted by atomic mass is 9.91. The van der Waals surface area contributed by atoms with Gasteiger partial charge in [-0.2, -0.15) is 0 Å². The fourth-order valence-corrected chi connectivity index (χ4v) is 3.80. The minimum absolute atomic E-state index is 0.319. The van der Waals surface area contributed by atoms with E-state index in [1.807, 2.05) is 0 Å². The molecule has 1 atom stereocenters. The lowest BCUT2D eigenvalue weighted by Crippen LogP contribution is -2.39. The second kappa shape index (κ2) is 6.59. The van der Waals surface area contributed by atoms with Crippen LogP contribution in [0.2, 0.25) is 0 Å². The fraction of sp³-hybridized carbons (Fsp3) is 0.474. The Balaban J connectivity index is 1.94. The summed E-state index contributed by atoms with van der Waals surface area (Å²) in [6.45, 7) is 0.682. The molecule has 21 heavy (non-hydrogen) atoms. The Hall–Kier alpha value is -1.38. The molecule has 0 saturated heterocycles. The van der Waals surface area contributed by atoms with Crippen LogP contribution in [-0.2, 0) is 0 Å². The Morgan fingerprint density at radius 1 is 1.05 bits per heavy atom. The molecule has 112 valence electrons. The van der Waals surface area contributed by atoms with Gasteiger partial charge in [-0.3, -0.25) is 4.90 Å². The largest absolute Gasteiger partial charge is 0.329 e. The molecule has 0 aromatic heterocycles. The van der Waals surface area contributed by atoms with Crippen molar-refractivity contribution in [3.63, 3.8) is 0 Å². The molecule has 2 nitrogen and oxygen atoms in total. The van der Waals surface area contributed by atoms with Crippen molar-refractivity contribution in [2.45, 2.75) is 44.2 Å². The van der Waals surface area contributed by atoms with E-state index in [9.17, 15) is 0 Å². The lowest BCUT2D eigenvalue weighted by Gasteiger charge is -2.37. The van der Waals surface area contributed by atoms with Gasteiger partial charge in [0.2, 0.25) is 0 Å². The average molecular weight is 282 g/mol. The maximum atomic E-state index is 6.16. The van der Waals surface area contributed by atoms with Crippen LogP contribution in [0.4, 0.5) is 0 Å². The molecule has 0 heterocycles. The Labute approximate surface area is 127 Å². The molecular weight excluding hydrogens is 256 g/mol. The smallest absolute Gasteiger partial charge is 0.0476 e. The molecule has 0 spiro atoms. The van der Waals surface area contributed by atoms with Gasteiger partial charge in [-0.15, -0.1) is 0 Å². The standard InChI is InChI=1S/C19H26N2/c1-21(16-10-3-2-4-11-16)19(14-20)18-13-7-9-15-8-5-6-12-17(15)18/h5-9,12-13,16,19H,2-4,10-11,14,20H2,1H3. The van der Waals surface area contributed by atoms with E-state index in [2.05, 4.69) is 54.4 Å². The van der Waals surface area contributed by atoms with Gasteiger partial charge in [0.25, 0.3) is 0 Å². The summed E-state index contributed by atoms with van der Waals surface area (Å²) >= 11 is 0. The highest BCUT2D eigenvalue weighted by Crippen LogP contribution is 2.31. The third-order valence-electron chi connectivity index (χ3n) is 5.05. The monoisotopic (exact) mass is 282 g/mol. The first-order valence-electron chi connectivity index (χ1n) is 8.21. The van der Waals surface area contributed by atoms with Crippen molar-refractivity contribution in [1.82, 2.24) is 4.90 Å². The minimum atomic E-state index is 0.319. The third-order valence-corrected chi connectivity index (χ3v) is 5.05. The summed E-state index contributed by atoms with van der Waals surface area (Å²) in [5, 5.41) is 2.66. The van der Waals surface area contributed by atoms with Gasteiger partial charge in [0.05, 0.1) is 0 Å². The van der Waals surface area contributed by atoms with Gasteiger partial charge >= 0.3 is 0 Å². The number of rotatable bonds is 4. The van der Waals surface area contributed by atoms with Gasteiger partial charge in [-0.25, -0.2) is 0 Å². The molecule has 2 aromatic rings. The summed E-state index contributed by atoms with van der Waals surface area (Å²) < 4.78 is 0. The minimum Gasteiger partial charge on any atom is -0.329 e.